The molecule has 2 heterocycles. The summed E-state index contributed by atoms with van der Waals surface area (Å²) >= 11 is 5.61. The van der Waals surface area contributed by atoms with Crippen molar-refractivity contribution in [2.75, 3.05) is 11.4 Å². The van der Waals surface area contributed by atoms with Gasteiger partial charge in [0.05, 0.1) is 6.10 Å². The summed E-state index contributed by atoms with van der Waals surface area (Å²) in [4.78, 5) is 17.3. The van der Waals surface area contributed by atoms with Gasteiger partial charge in [0.25, 0.3) is 0 Å². The van der Waals surface area contributed by atoms with E-state index < -0.39 is 5.54 Å². The van der Waals surface area contributed by atoms with Crippen LogP contribution < -0.4 is 15.0 Å². The van der Waals surface area contributed by atoms with E-state index in [1.165, 1.54) is 17.7 Å². The number of piperidine rings is 1. The molecule has 2 atom stereocenters. The topological polar surface area (TPSA) is 44.8 Å². The summed E-state index contributed by atoms with van der Waals surface area (Å²) in [5.41, 5.74) is 1.10. The highest BCUT2D eigenvalue weighted by molar-refractivity contribution is 7.80. The molecule has 1 spiro atoms. The van der Waals surface area contributed by atoms with Crippen LogP contribution in [0.1, 0.15) is 39.2 Å². The number of nitrogens with one attached hydrogen (secondary N) is 1. The van der Waals surface area contributed by atoms with E-state index in [1.807, 2.05) is 26.0 Å². The maximum absolute atomic E-state index is 13.9. The van der Waals surface area contributed by atoms with Crippen LogP contribution in [0.15, 0.2) is 48.5 Å². The first-order valence-corrected chi connectivity index (χ1v) is 11.1. The molecule has 0 aliphatic carbocycles. The van der Waals surface area contributed by atoms with Crippen molar-refractivity contribution in [1.29, 1.82) is 0 Å². The van der Waals surface area contributed by atoms with Crippen LogP contribution in [0.3, 0.4) is 0 Å². The summed E-state index contributed by atoms with van der Waals surface area (Å²) < 4.78 is 19.7. The molecular weight excluding hydrogens is 413 g/mol. The van der Waals surface area contributed by atoms with Crippen LogP contribution in [0.2, 0.25) is 0 Å². The van der Waals surface area contributed by atoms with Crippen molar-refractivity contribution in [2.24, 2.45) is 0 Å². The van der Waals surface area contributed by atoms with Gasteiger partial charge < -0.3 is 4.74 Å². The fourth-order valence-corrected chi connectivity index (χ4v) is 5.05. The van der Waals surface area contributed by atoms with Gasteiger partial charge >= 0.3 is 6.03 Å². The maximum atomic E-state index is 13.9. The van der Waals surface area contributed by atoms with Gasteiger partial charge in [0.1, 0.15) is 22.1 Å². The molecule has 2 aliphatic rings. The molecule has 4 rings (SSSR count). The van der Waals surface area contributed by atoms with E-state index in [1.54, 1.807) is 17.0 Å². The fourth-order valence-electron chi connectivity index (χ4n) is 4.68. The summed E-state index contributed by atoms with van der Waals surface area (Å²) in [6.45, 7) is 7.76. The number of carbonyl (C=O) groups excluding carboxylic acids is 1. The SMILES string of the molecule is CC(C)Oc1cccc(CN2CC[C@@]3(C[C@@H]2C)C(=S)NC(=O)N3c2cccc(F)c2)c1. The number of nitrogens with zero attached hydrogens (tertiary/aromatic N) is 2. The molecule has 2 aromatic rings. The van der Waals surface area contributed by atoms with Crippen molar-refractivity contribution >= 4 is 28.9 Å². The molecule has 0 saturated carbocycles. The van der Waals surface area contributed by atoms with Crippen LogP contribution >= 0.6 is 12.2 Å². The van der Waals surface area contributed by atoms with Crippen LogP contribution in [-0.4, -0.2) is 40.1 Å². The summed E-state index contributed by atoms with van der Waals surface area (Å²) in [6, 6.07) is 14.2. The molecule has 0 radical (unpaired) electrons. The molecule has 2 saturated heterocycles. The molecule has 5 nitrogen and oxygen atoms in total. The molecule has 0 aromatic heterocycles. The molecule has 164 valence electrons. The Hall–Kier alpha value is -2.51. The number of rotatable bonds is 5. The second-order valence-corrected chi connectivity index (χ2v) is 9.10. The minimum Gasteiger partial charge on any atom is -0.491 e. The van der Waals surface area contributed by atoms with Gasteiger partial charge in [-0.3, -0.25) is 15.1 Å². The van der Waals surface area contributed by atoms with Gasteiger partial charge in [-0.15, -0.1) is 0 Å². The van der Waals surface area contributed by atoms with Crippen LogP contribution in [0.5, 0.6) is 5.75 Å². The van der Waals surface area contributed by atoms with Gasteiger partial charge in [-0.1, -0.05) is 30.4 Å². The molecule has 2 aliphatic heterocycles. The van der Waals surface area contributed by atoms with E-state index in [-0.39, 0.29) is 24.0 Å². The standard InChI is InChI=1S/C24H28FN3O2S/c1-16(2)30-21-9-4-6-18(12-21)15-27-11-10-24(14-17(27)3)22(31)26-23(29)28(24)20-8-5-7-19(25)13-20/h4-9,12-13,16-17H,10-11,14-15H2,1-3H3,(H,26,29,31)/t17-,24+/m0/s1. The molecule has 2 amide bonds. The van der Waals surface area contributed by atoms with E-state index in [2.05, 4.69) is 29.3 Å². The number of anilines is 1. The molecule has 7 heteroatoms. The zero-order chi connectivity index (χ0) is 22.2. The van der Waals surface area contributed by atoms with E-state index >= 15 is 0 Å². The lowest BCUT2D eigenvalue weighted by Crippen LogP contribution is -2.58. The third-order valence-corrected chi connectivity index (χ3v) is 6.55. The highest BCUT2D eigenvalue weighted by atomic mass is 32.1. The predicted octanol–water partition coefficient (Wildman–Crippen LogP) is 4.89. The Balaban J connectivity index is 1.53. The largest absolute Gasteiger partial charge is 0.491 e. The fraction of sp³-hybridized carbons (Fsp3) is 0.417. The smallest absolute Gasteiger partial charge is 0.327 e. The lowest BCUT2D eigenvalue weighted by molar-refractivity contribution is 0.124. The van der Waals surface area contributed by atoms with Crippen LogP contribution in [0.25, 0.3) is 0 Å². The number of hydrogen-bond acceptors (Lipinski definition) is 4. The molecule has 0 bridgehead atoms. The molecule has 2 aromatic carbocycles. The van der Waals surface area contributed by atoms with Crippen molar-refractivity contribution in [3.05, 3.63) is 59.9 Å². The highest BCUT2D eigenvalue weighted by Gasteiger charge is 2.53. The summed E-state index contributed by atoms with van der Waals surface area (Å²) in [6.07, 6.45) is 1.50. The first-order chi connectivity index (χ1) is 14.8. The third kappa shape index (κ3) is 4.29. The van der Waals surface area contributed by atoms with Gasteiger partial charge in [0.2, 0.25) is 0 Å². The quantitative estimate of drug-likeness (QED) is 0.671. The summed E-state index contributed by atoms with van der Waals surface area (Å²) in [5, 5.41) is 2.82. The van der Waals surface area contributed by atoms with Gasteiger partial charge in [-0.05, 0) is 69.5 Å². The summed E-state index contributed by atoms with van der Waals surface area (Å²) in [5.74, 6) is 0.505. The van der Waals surface area contributed by atoms with E-state index in [4.69, 9.17) is 17.0 Å². The maximum Gasteiger partial charge on any atom is 0.327 e. The minimum absolute atomic E-state index is 0.131. The lowest BCUT2D eigenvalue weighted by atomic mass is 9.82. The van der Waals surface area contributed by atoms with Crippen molar-refractivity contribution in [3.8, 4) is 5.75 Å². The Morgan fingerprint density at radius 3 is 2.74 bits per heavy atom. The second-order valence-electron chi connectivity index (χ2n) is 8.69. The Morgan fingerprint density at radius 1 is 1.26 bits per heavy atom. The normalized spacial score (nSPS) is 24.2. The number of urea groups is 1. The predicted molar refractivity (Wildman–Crippen MR) is 124 cm³/mol. The van der Waals surface area contributed by atoms with Gasteiger partial charge in [0, 0.05) is 24.8 Å². The highest BCUT2D eigenvalue weighted by Crippen LogP contribution is 2.40. The van der Waals surface area contributed by atoms with E-state index in [0.29, 0.717) is 23.5 Å². The Bertz CT molecular complexity index is 998. The van der Waals surface area contributed by atoms with Gasteiger partial charge in [-0.2, -0.15) is 0 Å². The Kier molecular flexibility index (Phi) is 5.99. The van der Waals surface area contributed by atoms with E-state index in [0.717, 1.165) is 18.8 Å². The van der Waals surface area contributed by atoms with Crippen molar-refractivity contribution < 1.29 is 13.9 Å². The second kappa shape index (κ2) is 8.55. The first-order valence-electron chi connectivity index (χ1n) is 10.7. The van der Waals surface area contributed by atoms with Crippen LogP contribution in [0.4, 0.5) is 14.9 Å². The molecule has 31 heavy (non-hydrogen) atoms. The zero-order valence-corrected chi connectivity index (χ0v) is 18.9. The number of amides is 2. The molecular formula is C24H28FN3O2S. The zero-order valence-electron chi connectivity index (χ0n) is 18.1. The van der Waals surface area contributed by atoms with Crippen molar-refractivity contribution in [2.45, 2.75) is 57.8 Å². The third-order valence-electron chi connectivity index (χ3n) is 6.07. The Morgan fingerprint density at radius 2 is 2.03 bits per heavy atom. The number of hydrogen-bond donors (Lipinski definition) is 1. The van der Waals surface area contributed by atoms with Crippen LogP contribution in [-0.2, 0) is 6.54 Å². The lowest BCUT2D eigenvalue weighted by Gasteiger charge is -2.46. The molecule has 0 unspecified atom stereocenters. The summed E-state index contributed by atoms with van der Waals surface area (Å²) in [7, 11) is 0. The number of ether oxygens (including phenoxy) is 1. The van der Waals surface area contributed by atoms with Crippen molar-refractivity contribution in [1.82, 2.24) is 10.2 Å². The number of likely N-dealkylation sites (tertiary alicyclic amines) is 1. The van der Waals surface area contributed by atoms with Crippen molar-refractivity contribution in [3.63, 3.8) is 0 Å². The average molecular weight is 442 g/mol. The average Bonchev–Trinajstić information content (AvgIpc) is 2.93. The monoisotopic (exact) mass is 441 g/mol. The number of carbonyl (C=O) groups is 1. The molecule has 1 N–H and O–H groups in total. The van der Waals surface area contributed by atoms with Gasteiger partial charge in [0.15, 0.2) is 0 Å². The number of halogens is 1. The van der Waals surface area contributed by atoms with Crippen LogP contribution in [0, 0.1) is 5.82 Å². The molecule has 2 fully saturated rings. The Labute approximate surface area is 188 Å². The van der Waals surface area contributed by atoms with E-state index in [9.17, 15) is 9.18 Å². The number of thiocarbonyl (C=S) groups is 1. The minimum atomic E-state index is -0.626. The first kappa shape index (κ1) is 21.7. The number of benzene rings is 2. The van der Waals surface area contributed by atoms with Gasteiger partial charge in [-0.25, -0.2) is 9.18 Å².